The molecule has 0 N–H and O–H groups in total. The van der Waals surface area contributed by atoms with Crippen LogP contribution in [0.4, 0.5) is 0 Å². The van der Waals surface area contributed by atoms with E-state index in [-0.39, 0.29) is 37.5 Å². The largest absolute Gasteiger partial charge is 0.487 e. The Morgan fingerprint density at radius 1 is 1.53 bits per heavy atom. The first-order valence-corrected chi connectivity index (χ1v) is 5.71. The molecule has 101 valence electrons. The van der Waals surface area contributed by atoms with E-state index in [0.29, 0.717) is 12.0 Å². The van der Waals surface area contributed by atoms with Gasteiger partial charge in [-0.15, -0.1) is 0 Å². The molecule has 2 atom stereocenters. The van der Waals surface area contributed by atoms with E-state index in [1.165, 1.54) is 0 Å². The molecule has 2 heterocycles. The summed E-state index contributed by atoms with van der Waals surface area (Å²) in [4.78, 5) is 22.6. The molecule has 2 aliphatic heterocycles. The van der Waals surface area contributed by atoms with Crippen LogP contribution in [0, 0.1) is 6.08 Å². The molecule has 0 spiro atoms. The van der Waals surface area contributed by atoms with Crippen LogP contribution in [0.2, 0.25) is 0 Å². The number of carbonyl (C=O) groups is 2. The number of hydrogen-bond acceptors (Lipinski definition) is 4. The number of carbonyl (C=O) groups excluding carboxylic acids is 2. The van der Waals surface area contributed by atoms with Crippen LogP contribution in [0.15, 0.2) is 41.2 Å². The molecule has 2 unspecified atom stereocenters. The minimum absolute atomic E-state index is 0. The van der Waals surface area contributed by atoms with Crippen LogP contribution in [0.3, 0.4) is 0 Å². The summed E-state index contributed by atoms with van der Waals surface area (Å²) >= 11 is 0. The summed E-state index contributed by atoms with van der Waals surface area (Å²) in [5.74, 6) is 0.187. The molecule has 2 bridgehead atoms. The van der Waals surface area contributed by atoms with E-state index in [4.69, 9.17) is 9.47 Å². The molecular formula is C14H11O4Rh-. The molecule has 4 nitrogen and oxygen atoms in total. The first-order valence-electron chi connectivity index (χ1n) is 5.71. The third-order valence-corrected chi connectivity index (χ3v) is 3.26. The van der Waals surface area contributed by atoms with Gasteiger partial charge in [0, 0.05) is 42.6 Å². The number of fused-ring (bicyclic) bond motifs is 1. The fourth-order valence-corrected chi connectivity index (χ4v) is 2.49. The summed E-state index contributed by atoms with van der Waals surface area (Å²) in [6.45, 7) is 5.02. The van der Waals surface area contributed by atoms with Gasteiger partial charge < -0.3 is 15.5 Å². The van der Waals surface area contributed by atoms with Gasteiger partial charge in [-0.05, 0) is 19.1 Å². The van der Waals surface area contributed by atoms with Crippen LogP contribution < -0.4 is 0 Å². The van der Waals surface area contributed by atoms with Crippen LogP contribution in [0.5, 0.6) is 0 Å². The van der Waals surface area contributed by atoms with Crippen molar-refractivity contribution in [2.75, 3.05) is 0 Å². The number of allylic oxidation sites excluding steroid dienone is 2. The summed E-state index contributed by atoms with van der Waals surface area (Å²) in [6.07, 6.45) is 5.57. The fourth-order valence-electron chi connectivity index (χ4n) is 2.49. The second kappa shape index (κ2) is 4.89. The maximum atomic E-state index is 11.6. The second-order valence-corrected chi connectivity index (χ2v) is 4.50. The molecule has 5 heteroatoms. The van der Waals surface area contributed by atoms with Gasteiger partial charge in [-0.3, -0.25) is 16.2 Å². The zero-order valence-electron chi connectivity index (χ0n) is 10.2. The topological polar surface area (TPSA) is 52.6 Å². The normalized spacial score (nSPS) is 23.4. The maximum Gasteiger partial charge on any atom is 0.186 e. The Kier molecular flexibility index (Phi) is 3.59. The molecule has 0 fully saturated rings. The van der Waals surface area contributed by atoms with Crippen LogP contribution in [0.25, 0.3) is 0 Å². The Hall–Kier alpha value is -1.48. The minimum atomic E-state index is -0.565. The molecule has 0 aromatic rings. The van der Waals surface area contributed by atoms with Crippen molar-refractivity contribution in [2.24, 2.45) is 0 Å². The van der Waals surface area contributed by atoms with Gasteiger partial charge in [0.25, 0.3) is 0 Å². The van der Waals surface area contributed by atoms with Crippen molar-refractivity contribution in [3.05, 3.63) is 47.3 Å². The zero-order chi connectivity index (χ0) is 12.9. The Morgan fingerprint density at radius 2 is 2.26 bits per heavy atom. The van der Waals surface area contributed by atoms with Crippen molar-refractivity contribution >= 4 is 11.8 Å². The zero-order valence-corrected chi connectivity index (χ0v) is 11.8. The Balaban J connectivity index is 0.00000133. The SMILES string of the molecule is C=[C-]C(=O)OC(C)CC1=C2C=C3C(=O)C=C1C3O2.[Rh]. The van der Waals surface area contributed by atoms with Gasteiger partial charge in [0.05, 0.1) is 0 Å². The van der Waals surface area contributed by atoms with Crippen LogP contribution in [-0.2, 0) is 38.5 Å². The molecule has 1 aliphatic carbocycles. The van der Waals surface area contributed by atoms with Crippen molar-refractivity contribution < 1.29 is 38.5 Å². The molecule has 0 saturated carbocycles. The van der Waals surface area contributed by atoms with E-state index >= 15 is 0 Å². The van der Waals surface area contributed by atoms with Crippen molar-refractivity contribution in [1.29, 1.82) is 0 Å². The summed E-state index contributed by atoms with van der Waals surface area (Å²) in [7, 11) is 0. The molecular weight excluding hydrogens is 335 g/mol. The predicted molar refractivity (Wildman–Crippen MR) is 62.1 cm³/mol. The summed E-state index contributed by atoms with van der Waals surface area (Å²) in [5.41, 5.74) is 2.59. The smallest absolute Gasteiger partial charge is 0.186 e. The second-order valence-electron chi connectivity index (χ2n) is 4.50. The van der Waals surface area contributed by atoms with E-state index in [1.807, 2.05) is 0 Å². The number of rotatable bonds is 4. The van der Waals surface area contributed by atoms with Gasteiger partial charge in [0.15, 0.2) is 11.9 Å². The summed E-state index contributed by atoms with van der Waals surface area (Å²) < 4.78 is 10.7. The van der Waals surface area contributed by atoms with Gasteiger partial charge in [-0.25, -0.2) is 0 Å². The van der Waals surface area contributed by atoms with Crippen LogP contribution >= 0.6 is 0 Å². The average Bonchev–Trinajstić information content (AvgIpc) is 2.93. The third-order valence-electron chi connectivity index (χ3n) is 3.26. The Morgan fingerprint density at radius 3 is 2.95 bits per heavy atom. The van der Waals surface area contributed by atoms with Gasteiger partial charge in [-0.2, -0.15) is 0 Å². The first kappa shape index (κ1) is 13.9. The Bertz CT molecular complexity index is 568. The molecule has 19 heavy (non-hydrogen) atoms. The van der Waals surface area contributed by atoms with Gasteiger partial charge in [0.2, 0.25) is 0 Å². The fraction of sp³-hybridized carbons (Fsp3) is 0.286. The molecule has 0 aromatic carbocycles. The van der Waals surface area contributed by atoms with E-state index in [9.17, 15) is 9.59 Å². The number of esters is 1. The quantitative estimate of drug-likeness (QED) is 0.334. The molecule has 0 amide bonds. The molecule has 3 aliphatic rings. The van der Waals surface area contributed by atoms with E-state index in [1.54, 1.807) is 19.1 Å². The van der Waals surface area contributed by atoms with E-state index < -0.39 is 5.97 Å². The van der Waals surface area contributed by atoms with Gasteiger partial charge >= 0.3 is 0 Å². The maximum absolute atomic E-state index is 11.6. The van der Waals surface area contributed by atoms with Gasteiger partial charge in [-0.1, -0.05) is 0 Å². The van der Waals surface area contributed by atoms with Gasteiger partial charge in [0.1, 0.15) is 17.8 Å². The molecule has 1 radical (unpaired) electrons. The number of ether oxygens (including phenoxy) is 2. The molecule has 0 aromatic heterocycles. The standard InChI is InChI=1S/C14H11O4.Rh/c1-3-13(16)17-7(2)4-8-9-5-11(15)10-6-12(8)18-14(9)10;/h5-7,14H,1,4H2,2H3;/q-1;. The van der Waals surface area contributed by atoms with Crippen molar-refractivity contribution in [3.8, 4) is 0 Å². The first-order chi connectivity index (χ1) is 8.60. The van der Waals surface area contributed by atoms with Crippen molar-refractivity contribution in [3.63, 3.8) is 0 Å². The monoisotopic (exact) mass is 346 g/mol. The minimum Gasteiger partial charge on any atom is -0.487 e. The third kappa shape index (κ3) is 2.12. The van der Waals surface area contributed by atoms with Crippen molar-refractivity contribution in [2.45, 2.75) is 25.6 Å². The van der Waals surface area contributed by atoms with Crippen LogP contribution in [0.1, 0.15) is 13.3 Å². The Labute approximate surface area is 123 Å². The number of ketones is 1. The van der Waals surface area contributed by atoms with E-state index in [2.05, 4.69) is 12.7 Å². The predicted octanol–water partition coefficient (Wildman–Crippen LogP) is 1.40. The van der Waals surface area contributed by atoms with Crippen molar-refractivity contribution in [1.82, 2.24) is 0 Å². The van der Waals surface area contributed by atoms with Crippen LogP contribution in [-0.4, -0.2) is 24.0 Å². The summed E-state index contributed by atoms with van der Waals surface area (Å²) in [5, 5.41) is 0. The average molecular weight is 346 g/mol. The number of hydrogen-bond donors (Lipinski definition) is 0. The summed E-state index contributed by atoms with van der Waals surface area (Å²) in [6, 6.07) is 0. The molecule has 3 rings (SSSR count). The molecule has 0 saturated heterocycles. The van der Waals surface area contributed by atoms with E-state index in [0.717, 1.165) is 16.9 Å².